The normalized spacial score (nSPS) is 17.8. The van der Waals surface area contributed by atoms with Gasteiger partial charge in [0.05, 0.1) is 6.04 Å². The average molecular weight is 352 g/mol. The Kier molecular flexibility index (Phi) is 4.51. The highest BCUT2D eigenvalue weighted by atomic mass is 16.5. The fourth-order valence-electron chi connectivity index (χ4n) is 3.94. The van der Waals surface area contributed by atoms with Crippen molar-refractivity contribution in [1.82, 2.24) is 19.4 Å². The smallest absolute Gasteiger partial charge is 0.254 e. The van der Waals surface area contributed by atoms with E-state index in [2.05, 4.69) is 21.5 Å². The number of methoxy groups -OCH3 is 1. The molecule has 6 heteroatoms. The molecule has 3 aromatic rings. The van der Waals surface area contributed by atoms with Crippen molar-refractivity contribution >= 4 is 16.8 Å². The SMILES string of the molecule is COCc1ncc(C)n1C1CCCN(C(=O)c2ccc3cc[nH]c3c2)C1. The van der Waals surface area contributed by atoms with Crippen LogP contribution in [-0.2, 0) is 11.3 Å². The maximum Gasteiger partial charge on any atom is 0.254 e. The highest BCUT2D eigenvalue weighted by Gasteiger charge is 2.27. The number of nitrogens with one attached hydrogen (secondary N) is 1. The van der Waals surface area contributed by atoms with E-state index in [0.717, 1.165) is 47.4 Å². The molecule has 0 bridgehead atoms. The second kappa shape index (κ2) is 6.96. The number of carbonyl (C=O) groups excluding carboxylic acids is 1. The van der Waals surface area contributed by atoms with Crippen molar-refractivity contribution in [2.75, 3.05) is 20.2 Å². The first-order chi connectivity index (χ1) is 12.7. The second-order valence-corrected chi connectivity index (χ2v) is 6.95. The van der Waals surface area contributed by atoms with E-state index in [1.54, 1.807) is 7.11 Å². The minimum Gasteiger partial charge on any atom is -0.377 e. The molecule has 1 N–H and O–H groups in total. The van der Waals surface area contributed by atoms with Crippen LogP contribution in [0, 0.1) is 6.92 Å². The van der Waals surface area contributed by atoms with Crippen molar-refractivity contribution in [3.05, 3.63) is 53.7 Å². The Morgan fingerprint density at radius 2 is 2.27 bits per heavy atom. The van der Waals surface area contributed by atoms with Crippen LogP contribution in [0.15, 0.2) is 36.7 Å². The van der Waals surface area contributed by atoms with Gasteiger partial charge in [-0.15, -0.1) is 0 Å². The van der Waals surface area contributed by atoms with Gasteiger partial charge in [0.15, 0.2) is 0 Å². The summed E-state index contributed by atoms with van der Waals surface area (Å²) in [5, 5.41) is 1.12. The molecule has 2 aromatic heterocycles. The Hall–Kier alpha value is -2.60. The summed E-state index contributed by atoms with van der Waals surface area (Å²) >= 11 is 0. The molecule has 1 aliphatic rings. The Labute approximate surface area is 152 Å². The number of aromatic nitrogens is 3. The number of carbonyl (C=O) groups is 1. The van der Waals surface area contributed by atoms with Gasteiger partial charge in [-0.1, -0.05) is 6.07 Å². The Morgan fingerprint density at radius 3 is 3.12 bits per heavy atom. The number of amides is 1. The number of piperidine rings is 1. The van der Waals surface area contributed by atoms with Gasteiger partial charge in [-0.05, 0) is 43.4 Å². The van der Waals surface area contributed by atoms with Crippen LogP contribution in [-0.4, -0.2) is 45.5 Å². The molecule has 1 aliphatic heterocycles. The minimum atomic E-state index is 0.0947. The summed E-state index contributed by atoms with van der Waals surface area (Å²) in [7, 11) is 1.68. The molecule has 0 saturated carbocycles. The van der Waals surface area contributed by atoms with Gasteiger partial charge >= 0.3 is 0 Å². The van der Waals surface area contributed by atoms with E-state index < -0.39 is 0 Å². The van der Waals surface area contributed by atoms with Gasteiger partial charge in [0.2, 0.25) is 0 Å². The first kappa shape index (κ1) is 16.8. The van der Waals surface area contributed by atoms with Crippen molar-refractivity contribution in [2.24, 2.45) is 0 Å². The molecular formula is C20H24N4O2. The maximum atomic E-state index is 13.0. The molecular weight excluding hydrogens is 328 g/mol. The van der Waals surface area contributed by atoms with Gasteiger partial charge in [-0.25, -0.2) is 4.98 Å². The minimum absolute atomic E-state index is 0.0947. The summed E-state index contributed by atoms with van der Waals surface area (Å²) in [5.74, 6) is 1.02. The standard InChI is InChI=1S/C20H24N4O2/c1-14-11-22-19(13-26-2)24(14)17-4-3-9-23(12-17)20(25)16-6-5-15-7-8-21-18(15)10-16/h5-8,10-11,17,21H,3-4,9,12-13H2,1-2H3. The van der Waals surface area contributed by atoms with Crippen LogP contribution in [0.25, 0.3) is 10.9 Å². The van der Waals surface area contributed by atoms with Crippen LogP contribution >= 0.6 is 0 Å². The molecule has 1 unspecified atom stereocenters. The predicted molar refractivity (Wildman–Crippen MR) is 100 cm³/mol. The molecule has 1 amide bonds. The molecule has 26 heavy (non-hydrogen) atoms. The fourth-order valence-corrected chi connectivity index (χ4v) is 3.94. The number of likely N-dealkylation sites (tertiary alicyclic amines) is 1. The third kappa shape index (κ3) is 3.01. The molecule has 1 aromatic carbocycles. The summed E-state index contributed by atoms with van der Waals surface area (Å²) in [5.41, 5.74) is 2.85. The number of rotatable bonds is 4. The van der Waals surface area contributed by atoms with Crippen molar-refractivity contribution in [3.63, 3.8) is 0 Å². The van der Waals surface area contributed by atoms with Crippen molar-refractivity contribution in [2.45, 2.75) is 32.4 Å². The number of aromatic amines is 1. The van der Waals surface area contributed by atoms with Gasteiger partial charge in [0.1, 0.15) is 12.4 Å². The molecule has 0 aliphatic carbocycles. The van der Waals surface area contributed by atoms with Crippen LogP contribution in [0.4, 0.5) is 0 Å². The van der Waals surface area contributed by atoms with Crippen LogP contribution in [0.2, 0.25) is 0 Å². The summed E-state index contributed by atoms with van der Waals surface area (Å²) in [4.78, 5) is 22.7. The molecule has 1 fully saturated rings. The van der Waals surface area contributed by atoms with Crippen molar-refractivity contribution < 1.29 is 9.53 Å². The molecule has 6 nitrogen and oxygen atoms in total. The molecule has 0 spiro atoms. The average Bonchev–Trinajstić information content (AvgIpc) is 3.27. The van der Waals surface area contributed by atoms with Crippen LogP contribution in [0.1, 0.15) is 40.8 Å². The third-order valence-corrected chi connectivity index (χ3v) is 5.18. The number of fused-ring (bicyclic) bond motifs is 1. The molecule has 136 valence electrons. The summed E-state index contributed by atoms with van der Waals surface area (Å²) in [6.45, 7) is 4.05. The maximum absolute atomic E-state index is 13.0. The monoisotopic (exact) mass is 352 g/mol. The number of nitrogens with zero attached hydrogens (tertiary/aromatic N) is 3. The van der Waals surface area contributed by atoms with E-state index >= 15 is 0 Å². The lowest BCUT2D eigenvalue weighted by Crippen LogP contribution is -2.41. The Bertz CT molecular complexity index is 927. The molecule has 1 saturated heterocycles. The van der Waals surface area contributed by atoms with E-state index in [1.165, 1.54) is 0 Å². The van der Waals surface area contributed by atoms with E-state index in [4.69, 9.17) is 4.74 Å². The number of H-pyrrole nitrogens is 1. The van der Waals surface area contributed by atoms with Crippen molar-refractivity contribution in [3.8, 4) is 0 Å². The van der Waals surface area contributed by atoms with Crippen LogP contribution < -0.4 is 0 Å². The predicted octanol–water partition coefficient (Wildman–Crippen LogP) is 3.30. The molecule has 0 radical (unpaired) electrons. The van der Waals surface area contributed by atoms with Crippen LogP contribution in [0.5, 0.6) is 0 Å². The van der Waals surface area contributed by atoms with Gasteiger partial charge in [-0.3, -0.25) is 4.79 Å². The Balaban J connectivity index is 1.56. The first-order valence-corrected chi connectivity index (χ1v) is 9.05. The number of aryl methyl sites for hydroxylation is 1. The van der Waals surface area contributed by atoms with E-state index in [0.29, 0.717) is 13.2 Å². The molecule has 1 atom stereocenters. The zero-order valence-electron chi connectivity index (χ0n) is 15.2. The largest absolute Gasteiger partial charge is 0.377 e. The van der Waals surface area contributed by atoms with Gasteiger partial charge in [0, 0.05) is 49.4 Å². The zero-order valence-corrected chi connectivity index (χ0v) is 15.2. The van der Waals surface area contributed by atoms with Crippen molar-refractivity contribution in [1.29, 1.82) is 0 Å². The number of ether oxygens (including phenoxy) is 1. The van der Waals surface area contributed by atoms with Gasteiger partial charge < -0.3 is 19.2 Å². The lowest BCUT2D eigenvalue weighted by molar-refractivity contribution is 0.0672. The lowest BCUT2D eigenvalue weighted by atomic mass is 10.0. The zero-order chi connectivity index (χ0) is 18.1. The van der Waals surface area contributed by atoms with E-state index in [1.807, 2.05) is 41.6 Å². The number of benzene rings is 1. The highest BCUT2D eigenvalue weighted by molar-refractivity contribution is 5.98. The van der Waals surface area contributed by atoms with E-state index in [9.17, 15) is 4.79 Å². The summed E-state index contributed by atoms with van der Waals surface area (Å²) < 4.78 is 7.52. The lowest BCUT2D eigenvalue weighted by Gasteiger charge is -2.34. The third-order valence-electron chi connectivity index (χ3n) is 5.18. The summed E-state index contributed by atoms with van der Waals surface area (Å²) in [6, 6.07) is 8.12. The molecule has 4 rings (SSSR count). The topological polar surface area (TPSA) is 63.1 Å². The Morgan fingerprint density at radius 1 is 1.38 bits per heavy atom. The molecule has 3 heterocycles. The summed E-state index contributed by atoms with van der Waals surface area (Å²) in [6.07, 6.45) is 5.82. The van der Waals surface area contributed by atoms with E-state index in [-0.39, 0.29) is 11.9 Å². The van der Waals surface area contributed by atoms with Gasteiger partial charge in [-0.2, -0.15) is 0 Å². The first-order valence-electron chi connectivity index (χ1n) is 9.05. The quantitative estimate of drug-likeness (QED) is 0.784. The number of hydrogen-bond acceptors (Lipinski definition) is 3. The highest BCUT2D eigenvalue weighted by Crippen LogP contribution is 2.26. The van der Waals surface area contributed by atoms with Crippen LogP contribution in [0.3, 0.4) is 0 Å². The number of imidazole rings is 1. The fraction of sp³-hybridized carbons (Fsp3) is 0.400. The van der Waals surface area contributed by atoms with Gasteiger partial charge in [0.25, 0.3) is 5.91 Å². The number of hydrogen-bond donors (Lipinski definition) is 1. The second-order valence-electron chi connectivity index (χ2n) is 6.95.